The summed E-state index contributed by atoms with van der Waals surface area (Å²) in [6, 6.07) is 22.1. The smallest absolute Gasteiger partial charge is 0.258 e. The lowest BCUT2D eigenvalue weighted by Crippen LogP contribution is -2.55. The summed E-state index contributed by atoms with van der Waals surface area (Å²) in [6.45, 7) is 1.80. The van der Waals surface area contributed by atoms with Crippen LogP contribution in [0.3, 0.4) is 0 Å². The van der Waals surface area contributed by atoms with Crippen molar-refractivity contribution in [3.05, 3.63) is 94.5 Å². The van der Waals surface area contributed by atoms with Gasteiger partial charge >= 0.3 is 0 Å². The number of ether oxygens (including phenoxy) is 1. The number of hydrogen-bond acceptors (Lipinski definition) is 6. The molecule has 12 heteroatoms. The molecule has 2 atom stereocenters. The average molecular weight is 703 g/mol. The number of benzene rings is 4. The van der Waals surface area contributed by atoms with Crippen LogP contribution in [0, 0.1) is 0 Å². The molecule has 0 fully saturated rings. The highest BCUT2D eigenvalue weighted by Gasteiger charge is 2.38. The third-order valence-electron chi connectivity index (χ3n) is 7.52. The molecule has 0 aromatic heterocycles. The Kier molecular flexibility index (Phi) is 11.6. The van der Waals surface area contributed by atoms with Crippen LogP contribution in [-0.2, 0) is 16.1 Å². The summed E-state index contributed by atoms with van der Waals surface area (Å²) in [4.78, 5) is 44.5. The van der Waals surface area contributed by atoms with E-state index in [9.17, 15) is 14.4 Å². The van der Waals surface area contributed by atoms with Crippen LogP contribution in [0.1, 0.15) is 22.8 Å². The first-order valence-corrected chi connectivity index (χ1v) is 14.3. The first kappa shape index (κ1) is 34.7. The quantitative estimate of drug-likeness (QED) is 0.225. The summed E-state index contributed by atoms with van der Waals surface area (Å²) in [7, 11) is 3.26. The van der Waals surface area contributed by atoms with Crippen molar-refractivity contribution in [1.29, 1.82) is 0 Å². The molecule has 3 amide bonds. The van der Waals surface area contributed by atoms with E-state index in [1.54, 1.807) is 55.1 Å². The van der Waals surface area contributed by atoms with Crippen molar-refractivity contribution in [2.24, 2.45) is 0 Å². The van der Waals surface area contributed by atoms with Crippen LogP contribution in [0.15, 0.2) is 83.3 Å². The van der Waals surface area contributed by atoms with Crippen LogP contribution in [0.5, 0.6) is 5.75 Å². The maximum Gasteiger partial charge on any atom is 0.258 e. The van der Waals surface area contributed by atoms with Gasteiger partial charge in [0.05, 0.1) is 37.6 Å². The number of likely N-dealkylation sites (N-methyl/N-ethyl adjacent to an activating group) is 1. The van der Waals surface area contributed by atoms with Gasteiger partial charge in [-0.1, -0.05) is 40.2 Å². The van der Waals surface area contributed by atoms with Gasteiger partial charge < -0.3 is 30.9 Å². The van der Waals surface area contributed by atoms with Gasteiger partial charge in [-0.05, 0) is 79.3 Å². The largest absolute Gasteiger partial charge is 0.496 e. The van der Waals surface area contributed by atoms with Crippen molar-refractivity contribution in [3.8, 4) is 5.75 Å². The number of nitrogen functional groups attached to an aromatic ring is 1. The van der Waals surface area contributed by atoms with Gasteiger partial charge in [-0.15, -0.1) is 24.8 Å². The second-order valence-corrected chi connectivity index (χ2v) is 11.0. The monoisotopic (exact) mass is 701 g/mol. The van der Waals surface area contributed by atoms with Crippen LogP contribution >= 0.6 is 40.7 Å². The molecule has 44 heavy (non-hydrogen) atoms. The minimum Gasteiger partial charge on any atom is -0.496 e. The lowest BCUT2D eigenvalue weighted by molar-refractivity contribution is -0.128. The van der Waals surface area contributed by atoms with Gasteiger partial charge in [-0.2, -0.15) is 0 Å². The number of fused-ring (bicyclic) bond motifs is 2. The van der Waals surface area contributed by atoms with Crippen LogP contribution in [-0.4, -0.2) is 50.5 Å². The third kappa shape index (κ3) is 6.94. The number of carbonyl (C=O) groups is 3. The average Bonchev–Trinajstić information content (AvgIpc) is 3.11. The van der Waals surface area contributed by atoms with Gasteiger partial charge in [-0.3, -0.25) is 14.4 Å². The molecular formula is C32H34BrCl2N5O4. The van der Waals surface area contributed by atoms with Crippen molar-refractivity contribution in [1.82, 2.24) is 10.6 Å². The summed E-state index contributed by atoms with van der Waals surface area (Å²) >= 11 is 3.54. The van der Waals surface area contributed by atoms with E-state index in [-0.39, 0.29) is 55.6 Å². The van der Waals surface area contributed by atoms with Crippen LogP contribution < -0.4 is 30.9 Å². The van der Waals surface area contributed by atoms with Gasteiger partial charge in [0.1, 0.15) is 11.8 Å². The van der Waals surface area contributed by atoms with Crippen LogP contribution in [0.2, 0.25) is 0 Å². The van der Waals surface area contributed by atoms with E-state index in [2.05, 4.69) is 26.6 Å². The van der Waals surface area contributed by atoms with E-state index < -0.39 is 12.1 Å². The van der Waals surface area contributed by atoms with E-state index in [0.717, 1.165) is 20.8 Å². The molecule has 0 bridgehead atoms. The highest BCUT2D eigenvalue weighted by Crippen LogP contribution is 2.38. The predicted octanol–water partition coefficient (Wildman–Crippen LogP) is 5.32. The Morgan fingerprint density at radius 2 is 1.70 bits per heavy atom. The number of carbonyl (C=O) groups excluding carboxylic acids is 3. The fourth-order valence-electron chi connectivity index (χ4n) is 5.12. The molecule has 232 valence electrons. The summed E-state index contributed by atoms with van der Waals surface area (Å²) in [6.07, 6.45) is 0. The fourth-order valence-corrected chi connectivity index (χ4v) is 5.49. The maximum absolute atomic E-state index is 14.4. The van der Waals surface area contributed by atoms with Gasteiger partial charge in [0.2, 0.25) is 5.91 Å². The lowest BCUT2D eigenvalue weighted by atomic mass is 10.0. The Morgan fingerprint density at radius 3 is 2.36 bits per heavy atom. The molecule has 0 radical (unpaired) electrons. The number of para-hydroxylation sites is 2. The van der Waals surface area contributed by atoms with Crippen LogP contribution in [0.4, 0.5) is 17.1 Å². The number of nitrogens with one attached hydrogen (secondary N) is 2. The van der Waals surface area contributed by atoms with Crippen molar-refractivity contribution in [3.63, 3.8) is 0 Å². The zero-order chi connectivity index (χ0) is 30.0. The van der Waals surface area contributed by atoms with Crippen molar-refractivity contribution in [2.75, 3.05) is 36.2 Å². The third-order valence-corrected chi connectivity index (χ3v) is 8.02. The Labute approximate surface area is 277 Å². The Balaban J connectivity index is 0.00000264. The highest BCUT2D eigenvalue weighted by atomic mass is 79.9. The number of amides is 3. The first-order valence-electron chi connectivity index (χ1n) is 13.5. The minimum absolute atomic E-state index is 0. The van der Waals surface area contributed by atoms with E-state index in [1.165, 1.54) is 0 Å². The zero-order valence-corrected chi connectivity index (χ0v) is 27.6. The fraction of sp³-hybridized carbons (Fsp3) is 0.219. The number of hydrogen-bond donors (Lipinski definition) is 3. The molecule has 1 aliphatic rings. The Hall–Kier alpha value is -3.83. The highest BCUT2D eigenvalue weighted by molar-refractivity contribution is 9.10. The number of methoxy groups -OCH3 is 1. The number of halogens is 3. The normalized spacial score (nSPS) is 14.9. The van der Waals surface area contributed by atoms with Crippen LogP contribution in [0.25, 0.3) is 10.8 Å². The van der Waals surface area contributed by atoms with Gasteiger partial charge in [0, 0.05) is 21.3 Å². The molecule has 0 aliphatic carbocycles. The molecule has 0 saturated heterocycles. The van der Waals surface area contributed by atoms with Crippen molar-refractivity contribution < 1.29 is 19.1 Å². The molecule has 4 aromatic rings. The number of nitrogens with zero attached hydrogens (tertiary/aromatic N) is 2. The maximum atomic E-state index is 14.4. The lowest BCUT2D eigenvalue weighted by Gasteiger charge is -2.27. The topological polar surface area (TPSA) is 117 Å². The molecular weight excluding hydrogens is 669 g/mol. The number of nitrogens with two attached hydrogens (primary N) is 1. The summed E-state index contributed by atoms with van der Waals surface area (Å²) in [5.41, 5.74) is 8.70. The SMILES string of the molecule is CN[C@@H](C)C(=O)N[C@H]1CN(C(=O)c2ccc(N)cc2)c2ccccc2N(Cc2c(OC)ccc3cc(Br)ccc23)C1=O.Cl.Cl. The molecule has 1 heterocycles. The second kappa shape index (κ2) is 14.8. The molecule has 1 aliphatic heterocycles. The second-order valence-electron chi connectivity index (χ2n) is 10.1. The summed E-state index contributed by atoms with van der Waals surface area (Å²) in [5.74, 6) is -0.388. The number of rotatable bonds is 7. The standard InChI is InChI=1S/C32H32BrN5O4.2ClH/c1-19(35-2)30(39)36-26-18-38(31(40)20-8-12-23(34)13-9-20)28-7-5-4-6-27(28)37(32(26)41)17-25-24-14-11-22(33)16-21(24)10-15-29(25)42-3;;/h4-16,19,26,35H,17-18,34H2,1-3H3,(H,36,39);2*1H/t19-,26-;;/m0../s1. The molecule has 0 spiro atoms. The number of anilines is 3. The Bertz CT molecular complexity index is 1670. The van der Waals surface area contributed by atoms with E-state index in [4.69, 9.17) is 10.5 Å². The molecule has 4 aromatic carbocycles. The van der Waals surface area contributed by atoms with Gasteiger partial charge in [0.25, 0.3) is 11.8 Å². The van der Waals surface area contributed by atoms with E-state index >= 15 is 0 Å². The molecule has 0 saturated carbocycles. The molecule has 5 rings (SSSR count). The van der Waals surface area contributed by atoms with Crippen molar-refractivity contribution in [2.45, 2.75) is 25.6 Å². The van der Waals surface area contributed by atoms with Crippen molar-refractivity contribution >= 4 is 86.3 Å². The van der Waals surface area contributed by atoms with E-state index in [0.29, 0.717) is 28.4 Å². The summed E-state index contributed by atoms with van der Waals surface area (Å²) < 4.78 is 6.67. The van der Waals surface area contributed by atoms with Gasteiger partial charge in [-0.25, -0.2) is 0 Å². The minimum atomic E-state index is -1.02. The molecule has 0 unspecified atom stereocenters. The van der Waals surface area contributed by atoms with Gasteiger partial charge in [0.15, 0.2) is 0 Å². The molecule has 9 nitrogen and oxygen atoms in total. The first-order chi connectivity index (χ1) is 20.2. The summed E-state index contributed by atoms with van der Waals surface area (Å²) in [5, 5.41) is 7.69. The molecule has 4 N–H and O–H groups in total. The predicted molar refractivity (Wildman–Crippen MR) is 183 cm³/mol. The zero-order valence-electron chi connectivity index (χ0n) is 24.4. The van der Waals surface area contributed by atoms with E-state index in [1.807, 2.05) is 54.6 Å². The Morgan fingerprint density at radius 1 is 1.02 bits per heavy atom.